The summed E-state index contributed by atoms with van der Waals surface area (Å²) in [6.45, 7) is 2.86. The van der Waals surface area contributed by atoms with Crippen LogP contribution in [0.5, 0.6) is 0 Å². The van der Waals surface area contributed by atoms with E-state index in [0.29, 0.717) is 22.2 Å². The second-order valence-corrected chi connectivity index (χ2v) is 8.07. The van der Waals surface area contributed by atoms with Crippen molar-refractivity contribution in [1.82, 2.24) is 9.88 Å². The molecule has 144 valence electrons. The molecule has 0 amide bonds. The summed E-state index contributed by atoms with van der Waals surface area (Å²) in [5, 5.41) is 1.20. The smallest absolute Gasteiger partial charge is 0.257 e. The van der Waals surface area contributed by atoms with Crippen LogP contribution in [0, 0.1) is 0 Å². The van der Waals surface area contributed by atoms with Crippen molar-refractivity contribution >= 4 is 44.0 Å². The summed E-state index contributed by atoms with van der Waals surface area (Å²) in [5.41, 5.74) is 0.146. The number of H-pyrrole nitrogens is 1. The number of nitrogens with zero attached hydrogens (tertiary/aromatic N) is 2. The zero-order valence-corrected chi connectivity index (χ0v) is 17.3. The Kier molecular flexibility index (Phi) is 3.99. The molecule has 2 aliphatic rings. The predicted molar refractivity (Wildman–Crippen MR) is 119 cm³/mol. The number of rotatable bonds is 2. The van der Waals surface area contributed by atoms with Gasteiger partial charge in [-0.25, -0.2) is 0 Å². The average Bonchev–Trinajstić information content (AvgIpc) is 2.97. The van der Waals surface area contributed by atoms with Crippen molar-refractivity contribution in [1.29, 1.82) is 0 Å². The Morgan fingerprint density at radius 3 is 2.28 bits per heavy atom. The minimum absolute atomic E-state index is 0.0499. The fourth-order valence-corrected chi connectivity index (χ4v) is 4.38. The minimum Gasteiger partial charge on any atom is -0.355 e. The number of carbonyl (C=O) groups excluding carboxylic acids is 1. The van der Waals surface area contributed by atoms with Gasteiger partial charge in [0.25, 0.3) is 5.56 Å². The van der Waals surface area contributed by atoms with Crippen molar-refractivity contribution in [2.24, 2.45) is 0 Å². The first-order valence-electron chi connectivity index (χ1n) is 9.45. The summed E-state index contributed by atoms with van der Waals surface area (Å²) >= 11 is 3.47. The Labute approximate surface area is 176 Å². The highest BCUT2D eigenvalue weighted by molar-refractivity contribution is 9.10. The van der Waals surface area contributed by atoms with Crippen molar-refractivity contribution in [3.63, 3.8) is 0 Å². The van der Waals surface area contributed by atoms with Crippen molar-refractivity contribution in [3.8, 4) is 0 Å². The Bertz CT molecular complexity index is 1240. The molecule has 1 spiro atoms. The number of carbonyl (C=O) groups is 1. The molecule has 1 N–H and O–H groups in total. The Hall–Kier alpha value is -3.12. The quantitative estimate of drug-likeness (QED) is 0.616. The zero-order valence-electron chi connectivity index (χ0n) is 15.7. The number of ketones is 1. The molecule has 1 aromatic heterocycles. The molecule has 0 saturated heterocycles. The van der Waals surface area contributed by atoms with Gasteiger partial charge in [0.15, 0.2) is 0 Å². The number of halogens is 1. The van der Waals surface area contributed by atoms with Gasteiger partial charge in [0.05, 0.1) is 5.56 Å². The van der Waals surface area contributed by atoms with Crippen LogP contribution in [-0.2, 0) is 0 Å². The maximum absolute atomic E-state index is 13.9. The molecule has 2 aliphatic heterocycles. The fraction of sp³-hybridized carbons (Fsp3) is 0.130. The largest absolute Gasteiger partial charge is 0.355 e. The Morgan fingerprint density at radius 2 is 1.62 bits per heavy atom. The number of hydrogen-bond acceptors (Lipinski definition) is 4. The third kappa shape index (κ3) is 2.52. The first-order valence-corrected chi connectivity index (χ1v) is 10.2. The topological polar surface area (TPSA) is 56.4 Å². The summed E-state index contributed by atoms with van der Waals surface area (Å²) in [6, 6.07) is 15.0. The van der Waals surface area contributed by atoms with E-state index in [4.69, 9.17) is 0 Å². The summed E-state index contributed by atoms with van der Waals surface area (Å²) in [7, 11) is 0. The van der Waals surface area contributed by atoms with Crippen LogP contribution in [0.3, 0.4) is 0 Å². The molecule has 5 rings (SSSR count). The number of nitrogens with one attached hydrogen (secondary N) is 1. The first kappa shape index (κ1) is 17.9. The van der Waals surface area contributed by atoms with Crippen LogP contribution in [0.1, 0.15) is 17.3 Å². The highest BCUT2D eigenvalue weighted by Crippen LogP contribution is 2.47. The molecule has 2 aromatic carbocycles. The van der Waals surface area contributed by atoms with Gasteiger partial charge in [-0.05, 0) is 49.4 Å². The third-order valence-electron chi connectivity index (χ3n) is 5.58. The number of aromatic amines is 1. The van der Waals surface area contributed by atoms with Crippen molar-refractivity contribution in [3.05, 3.63) is 93.5 Å². The van der Waals surface area contributed by atoms with Gasteiger partial charge in [-0.2, -0.15) is 0 Å². The van der Waals surface area contributed by atoms with E-state index >= 15 is 0 Å². The van der Waals surface area contributed by atoms with E-state index in [2.05, 4.69) is 27.8 Å². The predicted octanol–water partition coefficient (Wildman–Crippen LogP) is 4.73. The summed E-state index contributed by atoms with van der Waals surface area (Å²) in [4.78, 5) is 33.6. The molecule has 0 bridgehead atoms. The van der Waals surface area contributed by atoms with Gasteiger partial charge in [0.1, 0.15) is 11.4 Å². The first-order chi connectivity index (χ1) is 14.0. The van der Waals surface area contributed by atoms with Crippen LogP contribution in [0.15, 0.2) is 82.4 Å². The lowest BCUT2D eigenvalue weighted by Gasteiger charge is -2.36. The number of fused-ring (bicyclic) bond motifs is 3. The monoisotopic (exact) mass is 447 g/mol. The fourth-order valence-electron chi connectivity index (χ4n) is 4.12. The summed E-state index contributed by atoms with van der Waals surface area (Å²) in [5.74, 6) is 0.478. The normalized spacial score (nSPS) is 16.8. The molecule has 0 fully saturated rings. The molecule has 0 atom stereocenters. The lowest BCUT2D eigenvalue weighted by molar-refractivity contribution is 0.0958. The highest BCUT2D eigenvalue weighted by atomic mass is 79.9. The van der Waals surface area contributed by atoms with E-state index in [-0.39, 0.29) is 11.3 Å². The van der Waals surface area contributed by atoms with E-state index < -0.39 is 5.54 Å². The van der Waals surface area contributed by atoms with Crippen molar-refractivity contribution in [2.45, 2.75) is 12.5 Å². The molecule has 0 aliphatic carbocycles. The zero-order chi connectivity index (χ0) is 20.2. The van der Waals surface area contributed by atoms with E-state index in [0.717, 1.165) is 16.7 Å². The number of anilines is 2. The number of aromatic nitrogens is 1. The summed E-state index contributed by atoms with van der Waals surface area (Å²) < 4.78 is 0.944. The second kappa shape index (κ2) is 6.46. The second-order valence-electron chi connectivity index (χ2n) is 7.15. The number of hydrogen-bond donors (Lipinski definition) is 1. The van der Waals surface area contributed by atoms with E-state index in [1.54, 1.807) is 6.07 Å². The van der Waals surface area contributed by atoms with Crippen LogP contribution < -0.4 is 10.5 Å². The molecule has 3 aromatic rings. The van der Waals surface area contributed by atoms with E-state index in [1.165, 1.54) is 0 Å². The van der Waals surface area contributed by atoms with E-state index in [9.17, 15) is 9.59 Å². The van der Waals surface area contributed by atoms with Crippen LogP contribution in [-0.4, -0.2) is 27.8 Å². The average molecular weight is 448 g/mol. The van der Waals surface area contributed by atoms with Crippen LogP contribution in [0.2, 0.25) is 0 Å². The number of benzene rings is 2. The molecule has 5 nitrogen and oxygen atoms in total. The number of Topliss-reactive ketones (excluding diaryl/α,β-unsaturated/α-hetero) is 1. The summed E-state index contributed by atoms with van der Waals surface area (Å²) in [6.07, 6.45) is 7.67. The van der Waals surface area contributed by atoms with Gasteiger partial charge >= 0.3 is 0 Å². The van der Waals surface area contributed by atoms with Crippen LogP contribution in [0.25, 0.3) is 10.8 Å². The maximum Gasteiger partial charge on any atom is 0.257 e. The molecule has 29 heavy (non-hydrogen) atoms. The molecule has 0 unspecified atom stereocenters. The van der Waals surface area contributed by atoms with Gasteiger partial charge in [-0.3, -0.25) is 9.59 Å². The number of pyridine rings is 1. The van der Waals surface area contributed by atoms with Crippen molar-refractivity contribution < 1.29 is 4.79 Å². The van der Waals surface area contributed by atoms with Crippen LogP contribution >= 0.6 is 15.9 Å². The molecule has 0 radical (unpaired) electrons. The Balaban J connectivity index is 1.83. The molecule has 6 heteroatoms. The lowest BCUT2D eigenvalue weighted by Crippen LogP contribution is -2.46. The van der Waals surface area contributed by atoms with Gasteiger partial charge in [0.2, 0.25) is 5.78 Å². The molecular formula is C23H18BrN3O2. The van der Waals surface area contributed by atoms with Gasteiger partial charge in [0, 0.05) is 39.9 Å². The van der Waals surface area contributed by atoms with Crippen LogP contribution in [0.4, 0.5) is 11.5 Å². The maximum atomic E-state index is 13.9. The molecule has 3 heterocycles. The standard InChI is InChI=1S/C23H18BrN3O2/c1-2-26-13-11-23(12-14-26)20(28)19-17-5-3-4-6-18(17)22(29)25-21(19)27(23)16-9-7-15(24)8-10-16/h3-14H,2H2,1H3,(H,25,29). The van der Waals surface area contributed by atoms with Gasteiger partial charge < -0.3 is 14.8 Å². The highest BCUT2D eigenvalue weighted by Gasteiger charge is 2.51. The molecular weight excluding hydrogens is 430 g/mol. The van der Waals surface area contributed by atoms with Gasteiger partial charge in [-0.1, -0.05) is 34.1 Å². The van der Waals surface area contributed by atoms with Gasteiger partial charge in [-0.15, -0.1) is 0 Å². The third-order valence-corrected chi connectivity index (χ3v) is 6.11. The Morgan fingerprint density at radius 1 is 0.966 bits per heavy atom. The molecule has 0 saturated carbocycles. The lowest BCUT2D eigenvalue weighted by atomic mass is 9.89. The SMILES string of the molecule is CCN1C=CC2(C=C1)C(=O)c1c([nH]c(=O)c3ccccc13)N2c1ccc(Br)cc1. The van der Waals surface area contributed by atoms with Crippen molar-refractivity contribution in [2.75, 3.05) is 11.4 Å². The minimum atomic E-state index is -1.02. The van der Waals surface area contributed by atoms with E-state index in [1.807, 2.05) is 76.8 Å².